The molecule has 1 heterocycles. The van der Waals surface area contributed by atoms with Crippen molar-refractivity contribution in [1.29, 1.82) is 0 Å². The van der Waals surface area contributed by atoms with E-state index in [9.17, 15) is 9.18 Å². The Morgan fingerprint density at radius 2 is 1.65 bits per heavy atom. The Hall–Kier alpha value is -2.04. The van der Waals surface area contributed by atoms with Crippen LogP contribution in [0.15, 0.2) is 48.5 Å². The molecule has 1 aliphatic heterocycles. The van der Waals surface area contributed by atoms with Crippen LogP contribution < -0.4 is 0 Å². The summed E-state index contributed by atoms with van der Waals surface area (Å²) in [5.74, 6) is -0.149. The van der Waals surface area contributed by atoms with E-state index >= 15 is 0 Å². The molecule has 2 aromatic carbocycles. The van der Waals surface area contributed by atoms with E-state index in [2.05, 4.69) is 16.8 Å². The number of halogens is 1. The number of ketones is 1. The molecule has 4 heteroatoms. The monoisotopic (exact) mass is 312 g/mol. The Morgan fingerprint density at radius 1 is 1.00 bits per heavy atom. The van der Waals surface area contributed by atoms with Crippen LogP contribution in [0.2, 0.25) is 0 Å². The van der Waals surface area contributed by atoms with Crippen LogP contribution in [0.4, 0.5) is 4.39 Å². The summed E-state index contributed by atoms with van der Waals surface area (Å²) in [4.78, 5) is 17.0. The van der Waals surface area contributed by atoms with Gasteiger partial charge in [0.2, 0.25) is 0 Å². The lowest BCUT2D eigenvalue weighted by atomic mass is 10.0. The SMILES string of the molecule is CN1CCN(CC(=O)c2cccc(-c3cccc(F)c3)c2)CC1. The van der Waals surface area contributed by atoms with Gasteiger partial charge in [0.05, 0.1) is 6.54 Å². The van der Waals surface area contributed by atoms with Gasteiger partial charge >= 0.3 is 0 Å². The van der Waals surface area contributed by atoms with Crippen molar-refractivity contribution in [2.24, 2.45) is 0 Å². The largest absolute Gasteiger partial charge is 0.304 e. The lowest BCUT2D eigenvalue weighted by molar-refractivity contribution is 0.0876. The lowest BCUT2D eigenvalue weighted by Gasteiger charge is -2.31. The van der Waals surface area contributed by atoms with Crippen molar-refractivity contribution < 1.29 is 9.18 Å². The van der Waals surface area contributed by atoms with E-state index in [0.29, 0.717) is 12.1 Å². The van der Waals surface area contributed by atoms with Crippen LogP contribution in [0.25, 0.3) is 11.1 Å². The molecule has 0 aromatic heterocycles. The Morgan fingerprint density at radius 3 is 2.35 bits per heavy atom. The predicted molar refractivity (Wildman–Crippen MR) is 90.1 cm³/mol. The zero-order chi connectivity index (χ0) is 16.2. The van der Waals surface area contributed by atoms with Gasteiger partial charge < -0.3 is 4.90 Å². The molecular weight excluding hydrogens is 291 g/mol. The molecule has 3 nitrogen and oxygen atoms in total. The quantitative estimate of drug-likeness (QED) is 0.811. The van der Waals surface area contributed by atoms with E-state index < -0.39 is 0 Å². The molecule has 23 heavy (non-hydrogen) atoms. The van der Waals surface area contributed by atoms with E-state index in [-0.39, 0.29) is 11.6 Å². The van der Waals surface area contributed by atoms with Gasteiger partial charge in [0.15, 0.2) is 5.78 Å². The Labute approximate surface area is 136 Å². The molecule has 3 rings (SSSR count). The highest BCUT2D eigenvalue weighted by Gasteiger charge is 2.17. The fourth-order valence-electron chi connectivity index (χ4n) is 2.84. The molecule has 0 N–H and O–H groups in total. The predicted octanol–water partition coefficient (Wildman–Crippen LogP) is 2.92. The minimum Gasteiger partial charge on any atom is -0.304 e. The summed E-state index contributed by atoms with van der Waals surface area (Å²) in [6, 6.07) is 13.9. The Balaban J connectivity index is 1.73. The highest BCUT2D eigenvalue weighted by atomic mass is 19.1. The van der Waals surface area contributed by atoms with Gasteiger partial charge in [0.25, 0.3) is 0 Å². The topological polar surface area (TPSA) is 23.6 Å². The standard InChI is InChI=1S/C19H21FN2O/c1-21-8-10-22(11-9-21)14-19(23)17-6-2-4-15(12-17)16-5-3-7-18(20)13-16/h2-7,12-13H,8-11,14H2,1H3. The van der Waals surface area contributed by atoms with Gasteiger partial charge in [0.1, 0.15) is 5.82 Å². The van der Waals surface area contributed by atoms with Crippen molar-refractivity contribution in [3.05, 3.63) is 59.9 Å². The number of rotatable bonds is 4. The maximum absolute atomic E-state index is 13.4. The summed E-state index contributed by atoms with van der Waals surface area (Å²) in [5.41, 5.74) is 2.35. The van der Waals surface area contributed by atoms with Gasteiger partial charge in [0, 0.05) is 31.7 Å². The third kappa shape index (κ3) is 4.03. The first-order chi connectivity index (χ1) is 11.1. The minimum absolute atomic E-state index is 0.118. The van der Waals surface area contributed by atoms with Gasteiger partial charge in [-0.25, -0.2) is 4.39 Å². The molecule has 0 bridgehead atoms. The molecule has 0 saturated carbocycles. The third-order valence-electron chi connectivity index (χ3n) is 4.31. The number of Topliss-reactive ketones (excluding diaryl/α,β-unsaturated/α-hetero) is 1. The van der Waals surface area contributed by atoms with E-state index in [1.165, 1.54) is 12.1 Å². The summed E-state index contributed by atoms with van der Waals surface area (Å²) in [6.45, 7) is 4.28. The van der Waals surface area contributed by atoms with Crippen molar-refractivity contribution in [2.45, 2.75) is 0 Å². The summed E-state index contributed by atoms with van der Waals surface area (Å²) in [6.07, 6.45) is 0. The van der Waals surface area contributed by atoms with Crippen LogP contribution in [0, 0.1) is 5.82 Å². The fraction of sp³-hybridized carbons (Fsp3) is 0.316. The summed E-state index contributed by atoms with van der Waals surface area (Å²) >= 11 is 0. The smallest absolute Gasteiger partial charge is 0.176 e. The average Bonchev–Trinajstić information content (AvgIpc) is 2.57. The third-order valence-corrected chi connectivity index (χ3v) is 4.31. The normalized spacial score (nSPS) is 16.4. The number of nitrogens with zero attached hydrogens (tertiary/aromatic N) is 2. The molecule has 2 aromatic rings. The zero-order valence-electron chi connectivity index (χ0n) is 13.3. The highest BCUT2D eigenvalue weighted by Crippen LogP contribution is 2.21. The minimum atomic E-state index is -0.267. The van der Waals surface area contributed by atoms with Crippen LogP contribution in [0.1, 0.15) is 10.4 Å². The van der Waals surface area contributed by atoms with Crippen LogP contribution in [0.5, 0.6) is 0 Å². The zero-order valence-corrected chi connectivity index (χ0v) is 13.3. The summed E-state index contributed by atoms with van der Waals surface area (Å²) in [7, 11) is 2.10. The van der Waals surface area contributed by atoms with E-state index in [4.69, 9.17) is 0 Å². The molecule has 0 spiro atoms. The van der Waals surface area contributed by atoms with Crippen molar-refractivity contribution >= 4 is 5.78 Å². The van der Waals surface area contributed by atoms with Gasteiger partial charge in [-0.3, -0.25) is 9.69 Å². The summed E-state index contributed by atoms with van der Waals surface area (Å²) in [5, 5.41) is 0. The van der Waals surface area contributed by atoms with E-state index in [0.717, 1.165) is 37.3 Å². The summed E-state index contributed by atoms with van der Waals surface area (Å²) < 4.78 is 13.4. The van der Waals surface area contributed by atoms with Crippen molar-refractivity contribution in [3.8, 4) is 11.1 Å². The highest BCUT2D eigenvalue weighted by molar-refractivity contribution is 5.98. The Kier molecular flexibility index (Phi) is 4.84. The van der Waals surface area contributed by atoms with E-state index in [1.54, 1.807) is 6.07 Å². The second kappa shape index (κ2) is 7.02. The average molecular weight is 312 g/mol. The molecule has 120 valence electrons. The number of carbonyl (C=O) groups is 1. The number of benzene rings is 2. The number of carbonyl (C=O) groups excluding carboxylic acids is 1. The molecule has 0 unspecified atom stereocenters. The van der Waals surface area contributed by atoms with Gasteiger partial charge in [-0.15, -0.1) is 0 Å². The maximum Gasteiger partial charge on any atom is 0.176 e. The van der Waals surface area contributed by atoms with Gasteiger partial charge in [-0.05, 0) is 36.4 Å². The maximum atomic E-state index is 13.4. The number of hydrogen-bond donors (Lipinski definition) is 0. The lowest BCUT2D eigenvalue weighted by Crippen LogP contribution is -2.46. The number of hydrogen-bond acceptors (Lipinski definition) is 3. The fourth-order valence-corrected chi connectivity index (χ4v) is 2.84. The second-order valence-corrected chi connectivity index (χ2v) is 6.09. The van der Waals surface area contributed by atoms with Crippen LogP contribution >= 0.6 is 0 Å². The molecule has 0 aliphatic carbocycles. The van der Waals surface area contributed by atoms with Gasteiger partial charge in [-0.2, -0.15) is 0 Å². The molecule has 1 aliphatic rings. The first-order valence-electron chi connectivity index (χ1n) is 7.92. The van der Waals surface area contributed by atoms with Crippen molar-refractivity contribution in [3.63, 3.8) is 0 Å². The molecule has 0 atom stereocenters. The first-order valence-corrected chi connectivity index (χ1v) is 7.92. The molecule has 0 radical (unpaired) electrons. The second-order valence-electron chi connectivity index (χ2n) is 6.09. The first kappa shape index (κ1) is 15.8. The molecular formula is C19H21FN2O. The molecule has 1 fully saturated rings. The Bertz CT molecular complexity index is 693. The van der Waals surface area contributed by atoms with Crippen LogP contribution in [-0.4, -0.2) is 55.4 Å². The molecule has 1 saturated heterocycles. The van der Waals surface area contributed by atoms with Crippen molar-refractivity contribution in [2.75, 3.05) is 39.8 Å². The van der Waals surface area contributed by atoms with Crippen molar-refractivity contribution in [1.82, 2.24) is 9.80 Å². The van der Waals surface area contributed by atoms with Crippen LogP contribution in [0.3, 0.4) is 0 Å². The number of likely N-dealkylation sites (N-methyl/N-ethyl adjacent to an activating group) is 1. The number of piperazine rings is 1. The van der Waals surface area contributed by atoms with Gasteiger partial charge in [-0.1, -0.05) is 30.3 Å². The molecule has 0 amide bonds. The van der Waals surface area contributed by atoms with E-state index in [1.807, 2.05) is 30.3 Å². The van der Waals surface area contributed by atoms with Crippen LogP contribution in [-0.2, 0) is 0 Å².